The van der Waals surface area contributed by atoms with E-state index in [-0.39, 0.29) is 12.1 Å². The molecule has 0 unspecified atom stereocenters. The van der Waals surface area contributed by atoms with Gasteiger partial charge in [-0.2, -0.15) is 0 Å². The van der Waals surface area contributed by atoms with Crippen molar-refractivity contribution in [1.82, 2.24) is 0 Å². The monoisotopic (exact) mass is 198 g/mol. The molecule has 0 saturated carbocycles. The molecule has 1 atom stereocenters. The maximum absolute atomic E-state index is 11.3. The van der Waals surface area contributed by atoms with Crippen molar-refractivity contribution in [2.45, 2.75) is 39.2 Å². The summed E-state index contributed by atoms with van der Waals surface area (Å²) >= 11 is 0. The van der Waals surface area contributed by atoms with Crippen LogP contribution in [0, 0.1) is 0 Å². The van der Waals surface area contributed by atoms with Gasteiger partial charge < -0.3 is 9.47 Å². The predicted molar refractivity (Wildman–Crippen MR) is 54.0 cm³/mol. The zero-order chi connectivity index (χ0) is 10.4. The van der Waals surface area contributed by atoms with Crippen LogP contribution in [0.5, 0.6) is 0 Å². The third-order valence-corrected chi connectivity index (χ3v) is 2.43. The number of ether oxygens (including phenoxy) is 2. The van der Waals surface area contributed by atoms with Crippen LogP contribution in [0.25, 0.3) is 0 Å². The van der Waals surface area contributed by atoms with Gasteiger partial charge in [-0.3, -0.25) is 0 Å². The Labute approximate surface area is 85.1 Å². The highest BCUT2D eigenvalue weighted by molar-refractivity contribution is 5.87. The number of allylic oxidation sites excluding steroid dienone is 1. The number of carbonyl (C=O) groups excluding carboxylic acids is 1. The Kier molecular flexibility index (Phi) is 4.66. The van der Waals surface area contributed by atoms with Crippen LogP contribution in [0.15, 0.2) is 11.6 Å². The summed E-state index contributed by atoms with van der Waals surface area (Å²) in [6.07, 6.45) is 5.16. The fourth-order valence-corrected chi connectivity index (χ4v) is 1.34. The van der Waals surface area contributed by atoms with Crippen molar-refractivity contribution in [1.29, 1.82) is 0 Å². The Morgan fingerprint density at radius 2 is 2.36 bits per heavy atom. The third kappa shape index (κ3) is 3.50. The van der Waals surface area contributed by atoms with Crippen LogP contribution in [-0.2, 0) is 14.3 Å². The average Bonchev–Trinajstić information content (AvgIpc) is 2.26. The van der Waals surface area contributed by atoms with Gasteiger partial charge in [0.15, 0.2) is 0 Å². The third-order valence-electron chi connectivity index (χ3n) is 2.43. The molecule has 1 aliphatic rings. The van der Waals surface area contributed by atoms with Gasteiger partial charge in [-0.15, -0.1) is 0 Å². The standard InChI is InChI=1S/C11H18O3/c1-3-9(2)11(12)14-8-10-6-4-5-7-13-10/h3,10H,4-8H2,1-2H3/b9-3-/t10-/m0/s1. The second kappa shape index (κ2) is 5.81. The second-order valence-corrected chi connectivity index (χ2v) is 3.56. The smallest absolute Gasteiger partial charge is 0.333 e. The van der Waals surface area contributed by atoms with Crippen LogP contribution in [0.4, 0.5) is 0 Å². The molecule has 0 spiro atoms. The first-order valence-electron chi connectivity index (χ1n) is 5.15. The maximum atomic E-state index is 11.3. The number of rotatable bonds is 3. The summed E-state index contributed by atoms with van der Waals surface area (Å²) in [7, 11) is 0. The number of esters is 1. The summed E-state index contributed by atoms with van der Waals surface area (Å²) in [6, 6.07) is 0. The molecule has 3 heteroatoms. The largest absolute Gasteiger partial charge is 0.460 e. The highest BCUT2D eigenvalue weighted by Gasteiger charge is 2.16. The van der Waals surface area contributed by atoms with Gasteiger partial charge in [0.05, 0.1) is 6.10 Å². The molecular formula is C11H18O3. The molecule has 1 rings (SSSR count). The molecule has 1 heterocycles. The summed E-state index contributed by atoms with van der Waals surface area (Å²) < 4.78 is 10.5. The van der Waals surface area contributed by atoms with Crippen molar-refractivity contribution >= 4 is 5.97 Å². The molecule has 3 nitrogen and oxygen atoms in total. The molecule has 1 aliphatic heterocycles. The van der Waals surface area contributed by atoms with Gasteiger partial charge >= 0.3 is 5.97 Å². The van der Waals surface area contributed by atoms with Crippen molar-refractivity contribution in [3.8, 4) is 0 Å². The molecule has 0 aromatic rings. The quantitative estimate of drug-likeness (QED) is 0.514. The van der Waals surface area contributed by atoms with Gasteiger partial charge in [0.25, 0.3) is 0 Å². The van der Waals surface area contributed by atoms with E-state index in [1.807, 2.05) is 6.92 Å². The summed E-state index contributed by atoms with van der Waals surface area (Å²) in [6.45, 7) is 4.77. The second-order valence-electron chi connectivity index (χ2n) is 3.56. The minimum absolute atomic E-state index is 0.109. The molecule has 1 saturated heterocycles. The lowest BCUT2D eigenvalue weighted by Gasteiger charge is -2.22. The molecule has 0 radical (unpaired) electrons. The summed E-state index contributed by atoms with van der Waals surface area (Å²) in [5.41, 5.74) is 0.654. The number of hydrogen-bond donors (Lipinski definition) is 0. The molecule has 0 amide bonds. The minimum Gasteiger partial charge on any atom is -0.460 e. The van der Waals surface area contributed by atoms with E-state index in [1.54, 1.807) is 13.0 Å². The molecule has 80 valence electrons. The van der Waals surface area contributed by atoms with E-state index in [0.29, 0.717) is 12.2 Å². The molecule has 0 aliphatic carbocycles. The fraction of sp³-hybridized carbons (Fsp3) is 0.727. The van der Waals surface area contributed by atoms with Crippen molar-refractivity contribution in [2.75, 3.05) is 13.2 Å². The lowest BCUT2D eigenvalue weighted by atomic mass is 10.1. The van der Waals surface area contributed by atoms with Crippen molar-refractivity contribution in [3.63, 3.8) is 0 Å². The van der Waals surface area contributed by atoms with E-state index < -0.39 is 0 Å². The lowest BCUT2D eigenvalue weighted by molar-refractivity contribution is -0.144. The molecule has 0 bridgehead atoms. The first-order chi connectivity index (χ1) is 6.74. The maximum Gasteiger partial charge on any atom is 0.333 e. The Hall–Kier alpha value is -0.830. The summed E-state index contributed by atoms with van der Waals surface area (Å²) in [5, 5.41) is 0. The molecule has 1 fully saturated rings. The van der Waals surface area contributed by atoms with Crippen LogP contribution in [0.3, 0.4) is 0 Å². The van der Waals surface area contributed by atoms with Crippen molar-refractivity contribution < 1.29 is 14.3 Å². The van der Waals surface area contributed by atoms with Gasteiger partial charge in [0.1, 0.15) is 6.61 Å². The lowest BCUT2D eigenvalue weighted by Crippen LogP contribution is -2.26. The normalized spacial score (nSPS) is 23.3. The predicted octanol–water partition coefficient (Wildman–Crippen LogP) is 2.06. The van der Waals surface area contributed by atoms with Crippen molar-refractivity contribution in [2.24, 2.45) is 0 Å². The van der Waals surface area contributed by atoms with Gasteiger partial charge in [-0.25, -0.2) is 4.79 Å². The van der Waals surface area contributed by atoms with Crippen LogP contribution < -0.4 is 0 Å². The SMILES string of the molecule is C/C=C(/C)C(=O)OC[C@@H]1CCCCO1. The Balaban J connectivity index is 2.22. The van der Waals surface area contributed by atoms with Gasteiger partial charge in [-0.1, -0.05) is 6.08 Å². The van der Waals surface area contributed by atoms with Gasteiger partial charge in [0, 0.05) is 12.2 Å². The average molecular weight is 198 g/mol. The van der Waals surface area contributed by atoms with Crippen LogP contribution in [0.1, 0.15) is 33.1 Å². The Morgan fingerprint density at radius 3 is 2.93 bits per heavy atom. The minimum atomic E-state index is -0.235. The van der Waals surface area contributed by atoms with E-state index in [4.69, 9.17) is 9.47 Å². The fourth-order valence-electron chi connectivity index (χ4n) is 1.34. The molecular weight excluding hydrogens is 180 g/mol. The van der Waals surface area contributed by atoms with Gasteiger partial charge in [0.2, 0.25) is 0 Å². The first kappa shape index (κ1) is 11.2. The first-order valence-corrected chi connectivity index (χ1v) is 5.15. The number of carbonyl (C=O) groups is 1. The van der Waals surface area contributed by atoms with Gasteiger partial charge in [-0.05, 0) is 33.1 Å². The topological polar surface area (TPSA) is 35.5 Å². The highest BCUT2D eigenvalue weighted by atomic mass is 16.6. The zero-order valence-corrected chi connectivity index (χ0v) is 8.91. The van der Waals surface area contributed by atoms with E-state index >= 15 is 0 Å². The molecule has 0 N–H and O–H groups in total. The van der Waals surface area contributed by atoms with E-state index in [2.05, 4.69) is 0 Å². The summed E-state index contributed by atoms with van der Waals surface area (Å²) in [5.74, 6) is -0.235. The molecule has 0 aromatic carbocycles. The highest BCUT2D eigenvalue weighted by Crippen LogP contribution is 2.13. The zero-order valence-electron chi connectivity index (χ0n) is 8.91. The number of hydrogen-bond acceptors (Lipinski definition) is 3. The van der Waals surface area contributed by atoms with E-state index in [1.165, 1.54) is 6.42 Å². The van der Waals surface area contributed by atoms with Crippen molar-refractivity contribution in [3.05, 3.63) is 11.6 Å². The Bertz CT molecular complexity index is 215. The Morgan fingerprint density at radius 1 is 1.57 bits per heavy atom. The van der Waals surface area contributed by atoms with Crippen LogP contribution >= 0.6 is 0 Å². The molecule has 0 aromatic heterocycles. The van der Waals surface area contributed by atoms with E-state index in [0.717, 1.165) is 19.4 Å². The molecule has 14 heavy (non-hydrogen) atoms. The summed E-state index contributed by atoms with van der Waals surface area (Å²) in [4.78, 5) is 11.3. The van der Waals surface area contributed by atoms with Crippen LogP contribution in [0.2, 0.25) is 0 Å². The van der Waals surface area contributed by atoms with E-state index in [9.17, 15) is 4.79 Å². The van der Waals surface area contributed by atoms with Crippen LogP contribution in [-0.4, -0.2) is 25.3 Å².